The molecule has 0 rings (SSSR count). The number of carbonyl (C=O) groups excluding carboxylic acids is 1. The lowest BCUT2D eigenvalue weighted by Gasteiger charge is -2.20. The first-order chi connectivity index (χ1) is 31.2. The zero-order valence-corrected chi connectivity index (χ0v) is 42.3. The molecular weight excluding hydrogens is 771 g/mol. The number of nitrogens with one attached hydrogen (secondary N) is 1. The highest BCUT2D eigenvalue weighted by Crippen LogP contribution is 2.17. The van der Waals surface area contributed by atoms with Gasteiger partial charge in [0.05, 0.1) is 18.8 Å². The number of carbonyl (C=O) groups is 1. The molecule has 0 aromatic rings. The van der Waals surface area contributed by atoms with Gasteiger partial charge in [0.15, 0.2) is 0 Å². The molecule has 2 atom stereocenters. The fraction of sp³-hybridized carbons (Fsp3) is 0.814. The van der Waals surface area contributed by atoms with Crippen LogP contribution in [0.4, 0.5) is 0 Å². The van der Waals surface area contributed by atoms with Crippen LogP contribution in [0.3, 0.4) is 0 Å². The summed E-state index contributed by atoms with van der Waals surface area (Å²) in [6, 6.07) is -0.622. The summed E-state index contributed by atoms with van der Waals surface area (Å²) in [6.07, 6.45) is 76.7. The molecule has 63 heavy (non-hydrogen) atoms. The number of hydrogen-bond donors (Lipinski definition) is 3. The summed E-state index contributed by atoms with van der Waals surface area (Å²) < 4.78 is 0. The van der Waals surface area contributed by atoms with Crippen LogP contribution in [0.5, 0.6) is 0 Å². The predicted octanol–water partition coefficient (Wildman–Crippen LogP) is 18.4. The van der Waals surface area contributed by atoms with Crippen molar-refractivity contribution in [3.8, 4) is 0 Å². The molecule has 368 valence electrons. The van der Waals surface area contributed by atoms with Gasteiger partial charge in [0.1, 0.15) is 0 Å². The van der Waals surface area contributed by atoms with Crippen LogP contribution in [0.2, 0.25) is 0 Å². The van der Waals surface area contributed by atoms with Gasteiger partial charge in [-0.15, -0.1) is 0 Å². The smallest absolute Gasteiger partial charge is 0.220 e. The first-order valence-electron chi connectivity index (χ1n) is 28.0. The number of aliphatic hydroxyl groups excluding tert-OH is 2. The summed E-state index contributed by atoms with van der Waals surface area (Å²) in [7, 11) is 0. The lowest BCUT2D eigenvalue weighted by atomic mass is 10.0. The normalized spacial score (nSPS) is 13.3. The minimum absolute atomic E-state index is 0.0605. The fourth-order valence-electron chi connectivity index (χ4n) is 8.53. The second-order valence-electron chi connectivity index (χ2n) is 19.0. The van der Waals surface area contributed by atoms with Crippen molar-refractivity contribution in [3.05, 3.63) is 60.8 Å². The van der Waals surface area contributed by atoms with Gasteiger partial charge in [-0.1, -0.05) is 286 Å². The number of allylic oxidation sites excluding steroid dienone is 9. The molecule has 0 aromatic heterocycles. The Morgan fingerprint density at radius 1 is 0.397 bits per heavy atom. The molecule has 0 saturated heterocycles. The van der Waals surface area contributed by atoms with E-state index in [1.54, 1.807) is 6.08 Å². The van der Waals surface area contributed by atoms with Crippen LogP contribution in [0.1, 0.15) is 290 Å². The summed E-state index contributed by atoms with van der Waals surface area (Å²) >= 11 is 0. The maximum absolute atomic E-state index is 12.5. The SMILES string of the molecule is CC/C=C\C/C=C\C/C=C\C/C=C\CCCCCCCCCCCCCCCCCCCCCCC(=O)NC(CO)C(O)/C=C/CCCCCCCCCCCCCCCCCC. The van der Waals surface area contributed by atoms with Gasteiger partial charge in [0.2, 0.25) is 5.91 Å². The summed E-state index contributed by atoms with van der Waals surface area (Å²) in [6.45, 7) is 4.22. The summed E-state index contributed by atoms with van der Waals surface area (Å²) in [5.41, 5.74) is 0. The fourth-order valence-corrected chi connectivity index (χ4v) is 8.53. The summed E-state index contributed by atoms with van der Waals surface area (Å²) in [5, 5.41) is 23.2. The van der Waals surface area contributed by atoms with Crippen molar-refractivity contribution in [2.24, 2.45) is 0 Å². The largest absolute Gasteiger partial charge is 0.394 e. The van der Waals surface area contributed by atoms with Gasteiger partial charge in [-0.2, -0.15) is 0 Å². The van der Waals surface area contributed by atoms with E-state index >= 15 is 0 Å². The summed E-state index contributed by atoms with van der Waals surface area (Å²) in [5.74, 6) is -0.0605. The maximum atomic E-state index is 12.5. The quantitative estimate of drug-likeness (QED) is 0.0421. The van der Waals surface area contributed by atoms with E-state index in [1.807, 2.05) is 6.08 Å². The molecule has 0 fully saturated rings. The van der Waals surface area contributed by atoms with Crippen LogP contribution in [0, 0.1) is 0 Å². The van der Waals surface area contributed by atoms with Gasteiger partial charge >= 0.3 is 0 Å². The summed E-state index contributed by atoms with van der Waals surface area (Å²) in [4.78, 5) is 12.5. The molecule has 0 bridgehead atoms. The van der Waals surface area contributed by atoms with E-state index in [0.717, 1.165) is 51.4 Å². The van der Waals surface area contributed by atoms with E-state index in [4.69, 9.17) is 0 Å². The van der Waals surface area contributed by atoms with E-state index in [9.17, 15) is 15.0 Å². The van der Waals surface area contributed by atoms with Crippen LogP contribution in [0.15, 0.2) is 60.8 Å². The molecule has 4 nitrogen and oxygen atoms in total. The zero-order valence-electron chi connectivity index (χ0n) is 42.3. The molecule has 0 saturated carbocycles. The molecule has 4 heteroatoms. The number of rotatable bonds is 51. The highest BCUT2D eigenvalue weighted by Gasteiger charge is 2.18. The van der Waals surface area contributed by atoms with Gasteiger partial charge in [-0.3, -0.25) is 4.79 Å². The van der Waals surface area contributed by atoms with E-state index in [0.29, 0.717) is 6.42 Å². The number of aliphatic hydroxyl groups is 2. The molecule has 1 amide bonds. The molecule has 0 radical (unpaired) electrons. The van der Waals surface area contributed by atoms with Crippen molar-refractivity contribution in [1.29, 1.82) is 0 Å². The minimum atomic E-state index is -0.839. The third kappa shape index (κ3) is 50.9. The monoisotopic (exact) mass is 880 g/mol. The van der Waals surface area contributed by atoms with Crippen molar-refractivity contribution in [1.82, 2.24) is 5.32 Å². The molecule has 0 aliphatic rings. The lowest BCUT2D eigenvalue weighted by Crippen LogP contribution is -2.45. The van der Waals surface area contributed by atoms with Crippen LogP contribution < -0.4 is 5.32 Å². The number of hydrogen-bond acceptors (Lipinski definition) is 3. The van der Waals surface area contributed by atoms with Crippen molar-refractivity contribution < 1.29 is 15.0 Å². The Morgan fingerprint density at radius 3 is 1.05 bits per heavy atom. The number of unbranched alkanes of at least 4 members (excludes halogenated alkanes) is 36. The number of amides is 1. The van der Waals surface area contributed by atoms with Crippen LogP contribution in [-0.4, -0.2) is 34.9 Å². The first-order valence-corrected chi connectivity index (χ1v) is 28.0. The third-order valence-electron chi connectivity index (χ3n) is 12.8. The van der Waals surface area contributed by atoms with Gasteiger partial charge in [0, 0.05) is 6.42 Å². The first kappa shape index (κ1) is 61.1. The molecule has 0 aromatic carbocycles. The molecule has 0 spiro atoms. The van der Waals surface area contributed by atoms with Crippen molar-refractivity contribution in [3.63, 3.8) is 0 Å². The second-order valence-corrected chi connectivity index (χ2v) is 19.0. The topological polar surface area (TPSA) is 69.6 Å². The van der Waals surface area contributed by atoms with Gasteiger partial charge in [-0.05, 0) is 57.8 Å². The Hall–Kier alpha value is -1.91. The predicted molar refractivity (Wildman–Crippen MR) is 281 cm³/mol. The highest BCUT2D eigenvalue weighted by atomic mass is 16.3. The Balaban J connectivity index is 3.46. The lowest BCUT2D eigenvalue weighted by molar-refractivity contribution is -0.123. The van der Waals surface area contributed by atoms with Crippen molar-refractivity contribution >= 4 is 5.91 Å². The van der Waals surface area contributed by atoms with E-state index in [1.165, 1.54) is 218 Å². The molecular formula is C59H109NO3. The Labute approximate surface area is 394 Å². The van der Waals surface area contributed by atoms with Crippen molar-refractivity contribution in [2.75, 3.05) is 6.61 Å². The molecule has 0 heterocycles. The molecule has 0 aliphatic carbocycles. The Morgan fingerprint density at radius 2 is 0.698 bits per heavy atom. The van der Waals surface area contributed by atoms with E-state index in [2.05, 4.69) is 67.8 Å². The third-order valence-corrected chi connectivity index (χ3v) is 12.8. The average molecular weight is 881 g/mol. The van der Waals surface area contributed by atoms with Crippen LogP contribution >= 0.6 is 0 Å². The zero-order chi connectivity index (χ0) is 45.6. The molecule has 0 aliphatic heterocycles. The van der Waals surface area contributed by atoms with Crippen LogP contribution in [0.25, 0.3) is 0 Å². The average Bonchev–Trinajstić information content (AvgIpc) is 3.29. The van der Waals surface area contributed by atoms with Gasteiger partial charge < -0.3 is 15.5 Å². The highest BCUT2D eigenvalue weighted by molar-refractivity contribution is 5.76. The Bertz CT molecular complexity index is 1040. The van der Waals surface area contributed by atoms with Gasteiger partial charge in [-0.25, -0.2) is 0 Å². The van der Waals surface area contributed by atoms with Crippen molar-refractivity contribution in [2.45, 2.75) is 302 Å². The molecule has 3 N–H and O–H groups in total. The molecule has 2 unspecified atom stereocenters. The maximum Gasteiger partial charge on any atom is 0.220 e. The van der Waals surface area contributed by atoms with Gasteiger partial charge in [0.25, 0.3) is 0 Å². The van der Waals surface area contributed by atoms with E-state index < -0.39 is 12.1 Å². The van der Waals surface area contributed by atoms with Crippen LogP contribution in [-0.2, 0) is 4.79 Å². The second kappa shape index (κ2) is 54.4. The standard InChI is InChI=1S/C59H109NO3/c1-3-5-7-9-11-13-15-17-19-21-23-24-25-26-27-28-29-30-31-32-33-34-35-36-37-39-41-43-45-47-49-51-53-55-59(63)60-57(56-61)58(62)54-52-50-48-46-44-42-40-38-22-20-18-16-14-12-10-8-6-4-2/h5,7,11,13,17,19,23-24,52,54,57-58,61-62H,3-4,6,8-10,12,14-16,18,20-22,25-51,53,55-56H2,1-2H3,(H,60,63)/b7-5-,13-11-,19-17-,24-23-,54-52+. The Kier molecular flexibility index (Phi) is 52.8. The van der Waals surface area contributed by atoms with E-state index in [-0.39, 0.29) is 12.5 Å². The minimum Gasteiger partial charge on any atom is -0.394 e.